The number of aromatic nitrogens is 1. The molecular weight excluding hydrogens is 554 g/mol. The molecule has 2 aromatic rings. The summed E-state index contributed by atoms with van der Waals surface area (Å²) in [5, 5.41) is 0. The van der Waals surface area contributed by atoms with E-state index >= 15 is 0 Å². The third-order valence-electron chi connectivity index (χ3n) is 6.04. The van der Waals surface area contributed by atoms with Gasteiger partial charge in [0.2, 0.25) is 0 Å². The van der Waals surface area contributed by atoms with Crippen LogP contribution in [-0.4, -0.2) is 76.9 Å². The van der Waals surface area contributed by atoms with Gasteiger partial charge in [0.1, 0.15) is 17.5 Å². The number of halogens is 1. The lowest BCUT2D eigenvalue weighted by Gasteiger charge is -2.30. The number of hydrogen-bond donors (Lipinski definition) is 0. The number of aryl methyl sites for hydroxylation is 1. The fourth-order valence-corrected chi connectivity index (χ4v) is 4.71. The number of nitrogens with zero attached hydrogens (tertiary/aromatic N) is 3. The molecule has 0 spiro atoms. The summed E-state index contributed by atoms with van der Waals surface area (Å²) in [5.74, 6) is -0.0911. The minimum Gasteiger partial charge on any atom is -0.483 e. The van der Waals surface area contributed by atoms with E-state index in [1.807, 2.05) is 45.9 Å². The molecule has 0 bridgehead atoms. The Bertz CT molecular complexity index is 1270. The van der Waals surface area contributed by atoms with Gasteiger partial charge in [-0.3, -0.25) is 9.69 Å². The maximum atomic E-state index is 12.6. The van der Waals surface area contributed by atoms with Crippen molar-refractivity contribution in [2.24, 2.45) is 0 Å². The minimum atomic E-state index is -0.570. The Hall–Kier alpha value is -3.11. The summed E-state index contributed by atoms with van der Waals surface area (Å²) in [7, 11) is 1.31. The highest BCUT2D eigenvalue weighted by Gasteiger charge is 2.34. The van der Waals surface area contributed by atoms with Gasteiger partial charge in [0.05, 0.1) is 26.4 Å². The SMILES string of the molecule is COC(=O)c1ncc(OC(CN2CC[N+](C(=O)OC(C)(C)C)=C(C)C2)c2ccc(Br)c(C(C)=O)c2)cc1C. The first-order valence-corrected chi connectivity index (χ1v) is 13.2. The topological polar surface area (TPSA) is 98.0 Å². The molecule has 9 nitrogen and oxygen atoms in total. The van der Waals surface area contributed by atoms with Crippen molar-refractivity contribution in [1.29, 1.82) is 0 Å². The number of ether oxygens (including phenoxy) is 3. The molecule has 0 radical (unpaired) electrons. The quantitative estimate of drug-likeness (QED) is 0.253. The average Bonchev–Trinajstić information content (AvgIpc) is 2.82. The molecule has 0 aliphatic carbocycles. The van der Waals surface area contributed by atoms with Crippen molar-refractivity contribution in [3.05, 3.63) is 57.3 Å². The Labute approximate surface area is 231 Å². The first-order valence-electron chi connectivity index (χ1n) is 12.4. The Balaban J connectivity index is 1.89. The van der Waals surface area contributed by atoms with E-state index in [9.17, 15) is 14.4 Å². The Morgan fingerprint density at radius 3 is 2.47 bits per heavy atom. The largest absolute Gasteiger partial charge is 0.596 e. The van der Waals surface area contributed by atoms with Gasteiger partial charge in [0, 0.05) is 23.5 Å². The lowest BCUT2D eigenvalue weighted by Crippen LogP contribution is -2.48. The van der Waals surface area contributed by atoms with Crippen LogP contribution in [0, 0.1) is 6.92 Å². The summed E-state index contributed by atoms with van der Waals surface area (Å²) in [6, 6.07) is 7.32. The van der Waals surface area contributed by atoms with Crippen molar-refractivity contribution < 1.29 is 33.2 Å². The number of methoxy groups -OCH3 is 1. The van der Waals surface area contributed by atoms with Crippen LogP contribution in [0.3, 0.4) is 0 Å². The highest BCUT2D eigenvalue weighted by atomic mass is 79.9. The van der Waals surface area contributed by atoms with Crippen LogP contribution >= 0.6 is 15.9 Å². The van der Waals surface area contributed by atoms with Crippen LogP contribution in [-0.2, 0) is 9.47 Å². The predicted molar refractivity (Wildman–Crippen MR) is 146 cm³/mol. The van der Waals surface area contributed by atoms with Gasteiger partial charge in [-0.1, -0.05) is 22.0 Å². The molecule has 0 N–H and O–H groups in total. The van der Waals surface area contributed by atoms with Crippen molar-refractivity contribution in [3.8, 4) is 5.75 Å². The van der Waals surface area contributed by atoms with E-state index in [0.717, 1.165) is 11.3 Å². The highest BCUT2D eigenvalue weighted by Crippen LogP contribution is 2.28. The lowest BCUT2D eigenvalue weighted by atomic mass is 10.0. The van der Waals surface area contributed by atoms with Crippen molar-refractivity contribution in [3.63, 3.8) is 0 Å². The maximum absolute atomic E-state index is 12.6. The number of carbonyl (C=O) groups is 3. The third-order valence-corrected chi connectivity index (χ3v) is 6.73. The normalized spacial score (nSPS) is 15.2. The standard InChI is InChI=1S/C28H35BrN3O6/c1-17-12-21(14-30-25(17)26(34)36-7)37-24(20-8-9-23(29)22(13-20)19(3)33)16-31-10-11-32(18(2)15-31)27(35)38-28(4,5)6/h8-9,12-14,24H,10-11,15-16H2,1-7H3/q+1. The molecule has 1 aromatic heterocycles. The van der Waals surface area contributed by atoms with Crippen molar-refractivity contribution in [2.75, 3.05) is 33.3 Å². The molecule has 2 heterocycles. The predicted octanol–water partition coefficient (Wildman–Crippen LogP) is 4.99. The number of amides is 1. The van der Waals surface area contributed by atoms with Crippen LogP contribution in [0.2, 0.25) is 0 Å². The molecule has 0 saturated heterocycles. The smallest absolute Gasteiger partial charge is 0.483 e. The Morgan fingerprint density at radius 2 is 1.89 bits per heavy atom. The highest BCUT2D eigenvalue weighted by molar-refractivity contribution is 9.10. The molecule has 10 heteroatoms. The van der Waals surface area contributed by atoms with Crippen molar-refractivity contribution in [2.45, 2.75) is 53.2 Å². The summed E-state index contributed by atoms with van der Waals surface area (Å²) >= 11 is 3.45. The van der Waals surface area contributed by atoms with Crippen LogP contribution in [0.4, 0.5) is 4.79 Å². The molecule has 1 atom stereocenters. The number of Topliss-reactive ketones (excluding diaryl/α,β-unsaturated/α-hetero) is 1. The summed E-state index contributed by atoms with van der Waals surface area (Å²) < 4.78 is 19.1. The second-order valence-corrected chi connectivity index (χ2v) is 11.2. The van der Waals surface area contributed by atoms with Gasteiger partial charge in [-0.15, -0.1) is 4.58 Å². The second-order valence-electron chi connectivity index (χ2n) is 10.3. The van der Waals surface area contributed by atoms with Crippen molar-refractivity contribution in [1.82, 2.24) is 9.88 Å². The minimum absolute atomic E-state index is 0.0624. The molecule has 204 valence electrons. The van der Waals surface area contributed by atoms with Gasteiger partial charge in [-0.05, 0) is 63.9 Å². The van der Waals surface area contributed by atoms with E-state index < -0.39 is 17.7 Å². The lowest BCUT2D eigenvalue weighted by molar-refractivity contribution is -0.458. The van der Waals surface area contributed by atoms with Gasteiger partial charge in [0.15, 0.2) is 23.7 Å². The summed E-state index contributed by atoms with van der Waals surface area (Å²) in [6.07, 6.45) is 0.690. The summed E-state index contributed by atoms with van der Waals surface area (Å²) in [6.45, 7) is 12.9. The van der Waals surface area contributed by atoms with Crippen LogP contribution in [0.25, 0.3) is 0 Å². The molecular formula is C28H35BrN3O6+. The number of rotatable bonds is 7. The van der Waals surface area contributed by atoms with Gasteiger partial charge < -0.3 is 14.2 Å². The van der Waals surface area contributed by atoms with E-state index in [2.05, 4.69) is 25.8 Å². The second kappa shape index (κ2) is 12.2. The van der Waals surface area contributed by atoms with Crippen LogP contribution < -0.4 is 4.74 Å². The first-order chi connectivity index (χ1) is 17.8. The monoisotopic (exact) mass is 588 g/mol. The average molecular weight is 590 g/mol. The molecule has 1 amide bonds. The van der Waals surface area contributed by atoms with Crippen LogP contribution in [0.15, 0.2) is 34.9 Å². The van der Waals surface area contributed by atoms with Gasteiger partial charge in [-0.2, -0.15) is 4.79 Å². The number of carbonyl (C=O) groups excluding carboxylic acids is 3. The van der Waals surface area contributed by atoms with E-state index in [0.29, 0.717) is 47.5 Å². The molecule has 1 unspecified atom stereocenters. The van der Waals surface area contributed by atoms with E-state index in [1.165, 1.54) is 20.2 Å². The fourth-order valence-electron chi connectivity index (χ4n) is 4.19. The van der Waals surface area contributed by atoms with E-state index in [1.54, 1.807) is 17.6 Å². The molecule has 1 aromatic carbocycles. The fraction of sp³-hybridized carbons (Fsp3) is 0.464. The zero-order valence-corrected chi connectivity index (χ0v) is 24.5. The van der Waals surface area contributed by atoms with Crippen molar-refractivity contribution >= 4 is 39.5 Å². The molecule has 1 aliphatic heterocycles. The zero-order valence-electron chi connectivity index (χ0n) is 23.0. The van der Waals surface area contributed by atoms with Crippen LogP contribution in [0.1, 0.15) is 72.7 Å². The summed E-state index contributed by atoms with van der Waals surface area (Å²) in [4.78, 5) is 43.2. The molecule has 38 heavy (non-hydrogen) atoms. The van der Waals surface area contributed by atoms with E-state index in [4.69, 9.17) is 14.2 Å². The molecule has 0 saturated carbocycles. The van der Waals surface area contributed by atoms with Gasteiger partial charge in [-0.25, -0.2) is 9.78 Å². The molecule has 3 rings (SSSR count). The first kappa shape index (κ1) is 29.4. The number of ketones is 1. The van der Waals surface area contributed by atoms with Gasteiger partial charge >= 0.3 is 12.1 Å². The number of hydrogen-bond acceptors (Lipinski definition) is 8. The Morgan fingerprint density at radius 1 is 1.18 bits per heavy atom. The maximum Gasteiger partial charge on any atom is 0.596 e. The number of benzene rings is 1. The number of esters is 1. The third kappa shape index (κ3) is 7.48. The zero-order chi connectivity index (χ0) is 28.2. The molecule has 1 aliphatic rings. The van der Waals surface area contributed by atoms with Gasteiger partial charge in [0.25, 0.3) is 0 Å². The summed E-state index contributed by atoms with van der Waals surface area (Å²) in [5.41, 5.74) is 2.54. The van der Waals surface area contributed by atoms with Crippen LogP contribution in [0.5, 0.6) is 5.75 Å². The Kier molecular flexibility index (Phi) is 9.43. The number of pyridine rings is 1. The molecule has 0 fully saturated rings. The van der Waals surface area contributed by atoms with E-state index in [-0.39, 0.29) is 17.6 Å².